The van der Waals surface area contributed by atoms with Crippen LogP contribution in [0.25, 0.3) is 0 Å². The third kappa shape index (κ3) is 3.17. The highest BCUT2D eigenvalue weighted by Crippen LogP contribution is 2.23. The molecule has 1 saturated carbocycles. The number of imidazole rings is 1. The summed E-state index contributed by atoms with van der Waals surface area (Å²) in [6.45, 7) is 8.02. The Labute approximate surface area is 122 Å². The highest BCUT2D eigenvalue weighted by Gasteiger charge is 2.21. The van der Waals surface area contributed by atoms with E-state index in [0.29, 0.717) is 12.1 Å². The van der Waals surface area contributed by atoms with Crippen molar-refractivity contribution in [1.29, 1.82) is 0 Å². The van der Waals surface area contributed by atoms with E-state index in [-0.39, 0.29) is 0 Å². The molecule has 0 spiro atoms. The molecule has 1 atom stereocenters. The normalized spacial score (nSPS) is 22.5. The molecule has 2 fully saturated rings. The Morgan fingerprint density at radius 1 is 1.25 bits per heavy atom. The van der Waals surface area contributed by atoms with Crippen LogP contribution >= 0.6 is 0 Å². The van der Waals surface area contributed by atoms with Gasteiger partial charge in [-0.05, 0) is 52.6 Å². The number of hydrogen-bond acceptors (Lipinski definition) is 3. The van der Waals surface area contributed by atoms with Gasteiger partial charge in [0.1, 0.15) is 0 Å². The van der Waals surface area contributed by atoms with Gasteiger partial charge in [0.25, 0.3) is 0 Å². The van der Waals surface area contributed by atoms with E-state index >= 15 is 0 Å². The zero-order chi connectivity index (χ0) is 13.9. The van der Waals surface area contributed by atoms with Crippen LogP contribution in [0.5, 0.6) is 0 Å². The van der Waals surface area contributed by atoms with Gasteiger partial charge in [0.15, 0.2) is 0 Å². The lowest BCUT2D eigenvalue weighted by atomic mass is 10.2. The summed E-state index contributed by atoms with van der Waals surface area (Å²) in [6.07, 6.45) is 10.2. The molecule has 2 aliphatic rings. The van der Waals surface area contributed by atoms with Gasteiger partial charge in [-0.25, -0.2) is 4.98 Å². The number of nitrogens with zero attached hydrogens (tertiary/aromatic N) is 3. The molecule has 1 N–H and O–H groups in total. The van der Waals surface area contributed by atoms with E-state index in [2.05, 4.69) is 39.8 Å². The van der Waals surface area contributed by atoms with Crippen molar-refractivity contribution in [3.63, 3.8) is 0 Å². The fourth-order valence-electron chi connectivity index (χ4n) is 3.64. The molecule has 1 aromatic heterocycles. The maximum Gasteiger partial charge on any atom is 0.203 e. The molecular weight excluding hydrogens is 248 g/mol. The molecule has 3 rings (SSSR count). The molecule has 0 aromatic carbocycles. The van der Waals surface area contributed by atoms with Crippen LogP contribution in [0.1, 0.15) is 51.1 Å². The lowest BCUT2D eigenvalue weighted by Crippen LogP contribution is -2.34. The van der Waals surface area contributed by atoms with Gasteiger partial charge in [-0.3, -0.25) is 4.90 Å². The van der Waals surface area contributed by atoms with Crippen molar-refractivity contribution < 1.29 is 0 Å². The minimum atomic E-state index is 0.607. The SMILES string of the molecule is Cc1cn(CC(C)N2CCCC2)c(NC2CCCC2)n1. The molecule has 1 aromatic rings. The van der Waals surface area contributed by atoms with Crippen LogP contribution < -0.4 is 5.32 Å². The number of nitrogens with one attached hydrogen (secondary N) is 1. The van der Waals surface area contributed by atoms with E-state index in [1.54, 1.807) is 0 Å². The summed E-state index contributed by atoms with van der Waals surface area (Å²) in [7, 11) is 0. The van der Waals surface area contributed by atoms with Gasteiger partial charge < -0.3 is 9.88 Å². The standard InChI is InChI=1S/C16H28N4/c1-13-11-20(12-14(2)19-9-5-6-10-19)16(17-13)18-15-7-3-4-8-15/h11,14-15H,3-10,12H2,1-2H3,(H,17,18). The number of likely N-dealkylation sites (tertiary alicyclic amines) is 1. The Morgan fingerprint density at radius 2 is 1.95 bits per heavy atom. The van der Waals surface area contributed by atoms with Gasteiger partial charge in [-0.1, -0.05) is 12.8 Å². The number of rotatable bonds is 5. The van der Waals surface area contributed by atoms with E-state index in [9.17, 15) is 0 Å². The first kappa shape index (κ1) is 13.9. The Balaban J connectivity index is 1.65. The largest absolute Gasteiger partial charge is 0.353 e. The third-order valence-corrected chi connectivity index (χ3v) is 4.81. The second-order valence-electron chi connectivity index (χ2n) is 6.58. The topological polar surface area (TPSA) is 33.1 Å². The average Bonchev–Trinajstić information content (AvgIpc) is 3.13. The van der Waals surface area contributed by atoms with Crippen molar-refractivity contribution in [1.82, 2.24) is 14.5 Å². The summed E-state index contributed by atoms with van der Waals surface area (Å²) in [5, 5.41) is 3.66. The smallest absolute Gasteiger partial charge is 0.203 e. The van der Waals surface area contributed by atoms with Crippen LogP contribution in [-0.2, 0) is 6.54 Å². The molecule has 4 nitrogen and oxygen atoms in total. The van der Waals surface area contributed by atoms with Gasteiger partial charge in [0.2, 0.25) is 5.95 Å². The Kier molecular flexibility index (Phi) is 4.29. The minimum absolute atomic E-state index is 0.607. The maximum atomic E-state index is 4.69. The van der Waals surface area contributed by atoms with Crippen molar-refractivity contribution in [3.8, 4) is 0 Å². The fraction of sp³-hybridized carbons (Fsp3) is 0.812. The van der Waals surface area contributed by atoms with Gasteiger partial charge in [-0.2, -0.15) is 0 Å². The quantitative estimate of drug-likeness (QED) is 0.897. The summed E-state index contributed by atoms with van der Waals surface area (Å²) in [5.74, 6) is 1.08. The highest BCUT2D eigenvalue weighted by atomic mass is 15.3. The zero-order valence-electron chi connectivity index (χ0n) is 12.9. The van der Waals surface area contributed by atoms with E-state index in [1.807, 2.05) is 0 Å². The molecule has 4 heteroatoms. The molecular formula is C16H28N4. The third-order valence-electron chi connectivity index (χ3n) is 4.81. The summed E-state index contributed by atoms with van der Waals surface area (Å²) in [4.78, 5) is 7.29. The van der Waals surface area contributed by atoms with Crippen molar-refractivity contribution in [2.75, 3.05) is 18.4 Å². The van der Waals surface area contributed by atoms with Crippen LogP contribution in [0.3, 0.4) is 0 Å². The molecule has 1 aliphatic carbocycles. The van der Waals surface area contributed by atoms with Crippen LogP contribution in [-0.4, -0.2) is 39.6 Å². The lowest BCUT2D eigenvalue weighted by molar-refractivity contribution is 0.236. The first-order valence-corrected chi connectivity index (χ1v) is 8.27. The summed E-state index contributed by atoms with van der Waals surface area (Å²) >= 11 is 0. The molecule has 0 radical (unpaired) electrons. The molecule has 1 saturated heterocycles. The van der Waals surface area contributed by atoms with Crippen molar-refractivity contribution >= 4 is 5.95 Å². The lowest BCUT2D eigenvalue weighted by Gasteiger charge is -2.25. The predicted octanol–water partition coefficient (Wildman–Crippen LogP) is 3.03. The second-order valence-corrected chi connectivity index (χ2v) is 6.58. The van der Waals surface area contributed by atoms with Crippen LogP contribution in [0.15, 0.2) is 6.20 Å². The zero-order valence-corrected chi connectivity index (χ0v) is 12.9. The van der Waals surface area contributed by atoms with Crippen molar-refractivity contribution in [2.45, 2.75) is 71.0 Å². The molecule has 112 valence electrons. The summed E-state index contributed by atoms with van der Waals surface area (Å²) < 4.78 is 2.33. The molecule has 0 bridgehead atoms. The summed E-state index contributed by atoms with van der Waals surface area (Å²) in [6, 6.07) is 1.24. The monoisotopic (exact) mass is 276 g/mol. The fourth-order valence-corrected chi connectivity index (χ4v) is 3.64. The second kappa shape index (κ2) is 6.17. The molecule has 1 aliphatic heterocycles. The molecule has 20 heavy (non-hydrogen) atoms. The predicted molar refractivity (Wildman–Crippen MR) is 83.1 cm³/mol. The van der Waals surface area contributed by atoms with Gasteiger partial charge in [0, 0.05) is 24.8 Å². The Hall–Kier alpha value is -1.03. The molecule has 0 amide bonds. The van der Waals surface area contributed by atoms with Gasteiger partial charge in [-0.15, -0.1) is 0 Å². The molecule has 1 unspecified atom stereocenters. The van der Waals surface area contributed by atoms with Gasteiger partial charge in [0.05, 0.1) is 5.69 Å². The first-order chi connectivity index (χ1) is 9.72. The van der Waals surface area contributed by atoms with Crippen LogP contribution in [0, 0.1) is 6.92 Å². The molecule has 2 heterocycles. The van der Waals surface area contributed by atoms with Crippen LogP contribution in [0.2, 0.25) is 0 Å². The minimum Gasteiger partial charge on any atom is -0.353 e. The van der Waals surface area contributed by atoms with Crippen molar-refractivity contribution in [3.05, 3.63) is 11.9 Å². The van der Waals surface area contributed by atoms with E-state index in [4.69, 9.17) is 0 Å². The van der Waals surface area contributed by atoms with Gasteiger partial charge >= 0.3 is 0 Å². The number of hydrogen-bond donors (Lipinski definition) is 1. The van der Waals surface area contributed by atoms with Crippen LogP contribution in [0.4, 0.5) is 5.95 Å². The average molecular weight is 276 g/mol. The number of aryl methyl sites for hydroxylation is 1. The van der Waals surface area contributed by atoms with E-state index in [0.717, 1.165) is 18.2 Å². The first-order valence-electron chi connectivity index (χ1n) is 8.27. The Bertz CT molecular complexity index is 428. The highest BCUT2D eigenvalue weighted by molar-refractivity contribution is 5.30. The van der Waals surface area contributed by atoms with Crippen molar-refractivity contribution in [2.24, 2.45) is 0 Å². The van der Waals surface area contributed by atoms with E-state index < -0.39 is 0 Å². The van der Waals surface area contributed by atoms with E-state index in [1.165, 1.54) is 51.6 Å². The number of aromatic nitrogens is 2. The Morgan fingerprint density at radius 3 is 2.65 bits per heavy atom. The number of anilines is 1. The summed E-state index contributed by atoms with van der Waals surface area (Å²) in [5.41, 5.74) is 1.12. The maximum absolute atomic E-state index is 4.69.